The van der Waals surface area contributed by atoms with Crippen LogP contribution in [-0.2, 0) is 10.0 Å². The van der Waals surface area contributed by atoms with Gasteiger partial charge in [-0.05, 0) is 12.8 Å². The number of halogens is 1. The summed E-state index contributed by atoms with van der Waals surface area (Å²) in [5.74, 6) is 0. The van der Waals surface area contributed by atoms with Crippen LogP contribution in [0.25, 0.3) is 0 Å². The molecule has 1 saturated carbocycles. The van der Waals surface area contributed by atoms with E-state index in [2.05, 4.69) is 11.1 Å². The highest BCUT2D eigenvalue weighted by atomic mass is 35.5. The first-order valence-corrected chi connectivity index (χ1v) is 8.57. The molecule has 0 N–H and O–H groups in total. The van der Waals surface area contributed by atoms with Gasteiger partial charge < -0.3 is 0 Å². The minimum Gasteiger partial charge on any atom is -0.232 e. The Labute approximate surface area is 121 Å². The predicted octanol–water partition coefficient (Wildman–Crippen LogP) is 2.64. The molecule has 0 aromatic carbocycles. The van der Waals surface area contributed by atoms with Crippen LogP contribution >= 0.6 is 22.9 Å². The van der Waals surface area contributed by atoms with Crippen LogP contribution in [0.5, 0.6) is 0 Å². The van der Waals surface area contributed by atoms with Gasteiger partial charge in [0.25, 0.3) is 10.0 Å². The normalized spacial score (nSPS) is 19.3. The Morgan fingerprint density at radius 3 is 2.58 bits per heavy atom. The zero-order chi connectivity index (χ0) is 14.1. The number of nitrogens with zero attached hydrogens (tertiary/aromatic N) is 3. The van der Waals surface area contributed by atoms with Crippen molar-refractivity contribution < 1.29 is 8.42 Å². The van der Waals surface area contributed by atoms with Gasteiger partial charge in [0, 0.05) is 7.05 Å². The van der Waals surface area contributed by atoms with Crippen molar-refractivity contribution in [3.8, 4) is 6.07 Å². The van der Waals surface area contributed by atoms with Crippen LogP contribution < -0.4 is 0 Å². The van der Waals surface area contributed by atoms with Crippen LogP contribution in [0, 0.1) is 11.3 Å². The fourth-order valence-electron chi connectivity index (χ4n) is 2.36. The minimum absolute atomic E-state index is 0.0835. The second kappa shape index (κ2) is 5.37. The summed E-state index contributed by atoms with van der Waals surface area (Å²) in [7, 11) is -2.24. The lowest BCUT2D eigenvalue weighted by molar-refractivity contribution is 0.213. The van der Waals surface area contributed by atoms with Gasteiger partial charge in [-0.2, -0.15) is 9.57 Å². The van der Waals surface area contributed by atoms with Crippen LogP contribution in [-0.4, -0.2) is 30.3 Å². The molecule has 0 unspecified atom stereocenters. The maximum absolute atomic E-state index is 12.5. The van der Waals surface area contributed by atoms with E-state index in [1.807, 2.05) is 0 Å². The van der Waals surface area contributed by atoms with E-state index in [1.165, 1.54) is 17.5 Å². The van der Waals surface area contributed by atoms with Gasteiger partial charge in [-0.15, -0.1) is 0 Å². The standard InChI is InChI=1S/C11H14ClN3O2S2/c1-15(11(8-13)5-3-2-4-6-11)19(16,17)9-7-14-10(12)18-9/h7H,2-6H2,1H3. The van der Waals surface area contributed by atoms with E-state index in [-0.39, 0.29) is 8.68 Å². The zero-order valence-corrected chi connectivity index (χ0v) is 12.9. The molecule has 1 aliphatic carbocycles. The number of thiazole rings is 1. The van der Waals surface area contributed by atoms with E-state index in [1.54, 1.807) is 0 Å². The van der Waals surface area contributed by atoms with E-state index >= 15 is 0 Å². The number of aromatic nitrogens is 1. The summed E-state index contributed by atoms with van der Waals surface area (Å²) in [6.07, 6.45) is 5.18. The lowest BCUT2D eigenvalue weighted by Crippen LogP contribution is -2.49. The summed E-state index contributed by atoms with van der Waals surface area (Å²) < 4.78 is 26.5. The van der Waals surface area contributed by atoms with Crippen molar-refractivity contribution >= 4 is 33.0 Å². The molecule has 1 aromatic rings. The molecular formula is C11H14ClN3O2S2. The molecule has 1 heterocycles. The Morgan fingerprint density at radius 2 is 2.11 bits per heavy atom. The minimum atomic E-state index is -3.71. The van der Waals surface area contributed by atoms with Crippen molar-refractivity contribution in [1.29, 1.82) is 5.26 Å². The number of nitriles is 1. The number of sulfonamides is 1. The van der Waals surface area contributed by atoms with Crippen LogP contribution in [0.3, 0.4) is 0 Å². The zero-order valence-electron chi connectivity index (χ0n) is 10.5. The summed E-state index contributed by atoms with van der Waals surface area (Å²) in [5, 5.41) is 9.43. The molecule has 19 heavy (non-hydrogen) atoms. The van der Waals surface area contributed by atoms with E-state index < -0.39 is 15.6 Å². The molecule has 0 bridgehead atoms. The first-order chi connectivity index (χ1) is 8.92. The summed E-state index contributed by atoms with van der Waals surface area (Å²) in [6, 6.07) is 2.20. The summed E-state index contributed by atoms with van der Waals surface area (Å²) in [4.78, 5) is 3.75. The van der Waals surface area contributed by atoms with Crippen molar-refractivity contribution in [3.63, 3.8) is 0 Å². The lowest BCUT2D eigenvalue weighted by Gasteiger charge is -2.37. The first kappa shape index (κ1) is 14.7. The van der Waals surface area contributed by atoms with Crippen LogP contribution in [0.1, 0.15) is 32.1 Å². The average molecular weight is 320 g/mol. The second-order valence-electron chi connectivity index (χ2n) is 4.61. The average Bonchev–Trinajstić information content (AvgIpc) is 2.86. The number of hydrogen-bond donors (Lipinski definition) is 0. The molecule has 0 atom stereocenters. The van der Waals surface area contributed by atoms with Crippen molar-refractivity contribution in [3.05, 3.63) is 10.7 Å². The summed E-state index contributed by atoms with van der Waals surface area (Å²) >= 11 is 6.60. The van der Waals surface area contributed by atoms with E-state index in [0.29, 0.717) is 12.8 Å². The van der Waals surface area contributed by atoms with Gasteiger partial charge in [0.05, 0.1) is 12.3 Å². The van der Waals surface area contributed by atoms with Crippen molar-refractivity contribution in [2.24, 2.45) is 0 Å². The molecule has 0 aliphatic heterocycles. The third kappa shape index (κ3) is 2.63. The molecule has 1 aromatic heterocycles. The smallest absolute Gasteiger partial charge is 0.232 e. The Bertz CT molecular complexity index is 600. The topological polar surface area (TPSA) is 74.1 Å². The number of rotatable bonds is 3. The van der Waals surface area contributed by atoms with E-state index in [4.69, 9.17) is 11.6 Å². The molecule has 0 radical (unpaired) electrons. The molecule has 0 amide bonds. The lowest BCUT2D eigenvalue weighted by atomic mass is 9.83. The third-order valence-electron chi connectivity index (χ3n) is 3.56. The fourth-order valence-corrected chi connectivity index (χ4v) is 5.30. The van der Waals surface area contributed by atoms with Gasteiger partial charge in [0.1, 0.15) is 5.54 Å². The third-order valence-corrected chi connectivity index (χ3v) is 7.04. The van der Waals surface area contributed by atoms with E-state index in [0.717, 1.165) is 30.6 Å². The molecule has 2 rings (SSSR count). The molecule has 8 heteroatoms. The molecule has 1 aliphatic rings. The highest BCUT2D eigenvalue weighted by molar-refractivity contribution is 7.91. The van der Waals surface area contributed by atoms with Crippen LogP contribution in [0.4, 0.5) is 0 Å². The molecule has 5 nitrogen and oxygen atoms in total. The number of hydrogen-bond acceptors (Lipinski definition) is 5. The Hall–Kier alpha value is -0.680. The van der Waals surface area contributed by atoms with Crippen LogP contribution in [0.2, 0.25) is 4.47 Å². The van der Waals surface area contributed by atoms with Gasteiger partial charge in [0.15, 0.2) is 8.68 Å². The first-order valence-electron chi connectivity index (χ1n) is 5.94. The van der Waals surface area contributed by atoms with Gasteiger partial charge in [-0.1, -0.05) is 42.2 Å². The second-order valence-corrected chi connectivity index (χ2v) is 8.42. The molecule has 1 fully saturated rings. The molecule has 0 saturated heterocycles. The predicted molar refractivity (Wildman–Crippen MR) is 73.5 cm³/mol. The summed E-state index contributed by atoms with van der Waals surface area (Å²) in [5.41, 5.74) is -0.937. The van der Waals surface area contributed by atoms with Gasteiger partial charge >= 0.3 is 0 Å². The van der Waals surface area contributed by atoms with Gasteiger partial charge in [-0.3, -0.25) is 0 Å². The Morgan fingerprint density at radius 1 is 1.47 bits per heavy atom. The molecule has 104 valence electrons. The SMILES string of the molecule is CN(C1(C#N)CCCCC1)S(=O)(=O)c1cnc(Cl)s1. The highest BCUT2D eigenvalue weighted by Gasteiger charge is 2.43. The maximum atomic E-state index is 12.5. The van der Waals surface area contributed by atoms with Crippen molar-refractivity contribution in [2.75, 3.05) is 7.05 Å². The molecule has 0 spiro atoms. The fraction of sp³-hybridized carbons (Fsp3) is 0.636. The van der Waals surface area contributed by atoms with E-state index in [9.17, 15) is 13.7 Å². The van der Waals surface area contributed by atoms with Gasteiger partial charge in [0.2, 0.25) is 0 Å². The maximum Gasteiger partial charge on any atom is 0.255 e. The Kier molecular flexibility index (Phi) is 4.16. The largest absolute Gasteiger partial charge is 0.255 e. The Balaban J connectivity index is 2.37. The van der Waals surface area contributed by atoms with Gasteiger partial charge in [-0.25, -0.2) is 13.4 Å². The quantitative estimate of drug-likeness (QED) is 0.858. The highest BCUT2D eigenvalue weighted by Crippen LogP contribution is 2.37. The van der Waals surface area contributed by atoms with Crippen molar-refractivity contribution in [1.82, 2.24) is 9.29 Å². The summed E-state index contributed by atoms with van der Waals surface area (Å²) in [6.45, 7) is 0. The van der Waals surface area contributed by atoms with Crippen LogP contribution in [0.15, 0.2) is 10.4 Å². The van der Waals surface area contributed by atoms with Crippen molar-refractivity contribution in [2.45, 2.75) is 41.9 Å². The monoisotopic (exact) mass is 319 g/mol. The molecular weight excluding hydrogens is 306 g/mol.